The van der Waals surface area contributed by atoms with Gasteiger partial charge in [0.2, 0.25) is 5.91 Å². The lowest BCUT2D eigenvalue weighted by Gasteiger charge is -2.41. The maximum Gasteiger partial charge on any atom is 0.306 e. The lowest BCUT2D eigenvalue weighted by atomic mass is 9.99. The minimum absolute atomic E-state index is 0.124. The van der Waals surface area contributed by atoms with Crippen LogP contribution in [0.4, 0.5) is 0 Å². The molecule has 11 nitrogen and oxygen atoms in total. The summed E-state index contributed by atoms with van der Waals surface area (Å²) in [5, 5.41) is 57.2. The van der Waals surface area contributed by atoms with Crippen LogP contribution >= 0.6 is 0 Å². The molecule has 0 aromatic heterocycles. The molecule has 1 saturated heterocycles. The van der Waals surface area contributed by atoms with Crippen LogP contribution in [0.15, 0.2) is 48.6 Å². The summed E-state index contributed by atoms with van der Waals surface area (Å²) >= 11 is 0. The van der Waals surface area contributed by atoms with Crippen molar-refractivity contribution in [2.24, 2.45) is 0 Å². The van der Waals surface area contributed by atoms with Crippen LogP contribution in [0.3, 0.4) is 0 Å². The number of aliphatic hydroxyl groups excluding tert-OH is 5. The lowest BCUT2D eigenvalue weighted by Crippen LogP contribution is -2.61. The van der Waals surface area contributed by atoms with E-state index in [0.717, 1.165) is 64.2 Å². The maximum absolute atomic E-state index is 13.5. The highest BCUT2D eigenvalue weighted by Gasteiger charge is 2.47. The van der Waals surface area contributed by atoms with Crippen molar-refractivity contribution in [3.63, 3.8) is 0 Å². The Kier molecular flexibility index (Phi) is 58.7. The Bertz CT molecular complexity index is 1570. The van der Waals surface area contributed by atoms with Gasteiger partial charge >= 0.3 is 5.97 Å². The highest BCUT2D eigenvalue weighted by atomic mass is 16.7. The number of ether oxygens (including phenoxy) is 3. The molecular formula is C74H137NO10. The summed E-state index contributed by atoms with van der Waals surface area (Å²) in [7, 11) is 0. The molecule has 1 aliphatic rings. The largest absolute Gasteiger partial charge is 0.454 e. The molecule has 6 N–H and O–H groups in total. The maximum atomic E-state index is 13.5. The van der Waals surface area contributed by atoms with E-state index in [1.54, 1.807) is 6.08 Å². The first-order chi connectivity index (χ1) is 41.7. The highest BCUT2D eigenvalue weighted by Crippen LogP contribution is 2.26. The van der Waals surface area contributed by atoms with Gasteiger partial charge in [0.05, 0.1) is 25.4 Å². The molecule has 1 aliphatic heterocycles. The Labute approximate surface area is 523 Å². The molecule has 8 unspecified atom stereocenters. The smallest absolute Gasteiger partial charge is 0.306 e. The SMILES string of the molecule is CCCCC/C=C\C/C=C\CCCCCCCCCCCCCCCCCCC(O)C(=O)NC(COC1OC(CO)C(O)C(O)C1OC(=O)CCCCCCCCCCC/C=C/CCCCCCCC)C(O)/C=C/CCCCCCCCCCC. The van der Waals surface area contributed by atoms with E-state index in [0.29, 0.717) is 19.3 Å². The molecule has 1 heterocycles. The van der Waals surface area contributed by atoms with E-state index < -0.39 is 67.4 Å². The van der Waals surface area contributed by atoms with Crippen LogP contribution in [-0.4, -0.2) is 99.6 Å². The summed E-state index contributed by atoms with van der Waals surface area (Å²) in [6, 6.07) is -1.02. The average Bonchev–Trinajstić information content (AvgIpc) is 3.59. The number of aliphatic hydroxyl groups is 5. The average molecular weight is 1200 g/mol. The summed E-state index contributed by atoms with van der Waals surface area (Å²) in [6.07, 6.45) is 67.3. The molecular weight excluding hydrogens is 1060 g/mol. The number of hydrogen-bond acceptors (Lipinski definition) is 10. The quantitative estimate of drug-likeness (QED) is 0.0195. The number of esters is 1. The fourth-order valence-corrected chi connectivity index (χ4v) is 11.4. The normalized spacial score (nSPS) is 18.6. The zero-order valence-electron chi connectivity index (χ0n) is 55.5. The number of nitrogens with one attached hydrogen (secondary N) is 1. The van der Waals surface area contributed by atoms with Crippen molar-refractivity contribution in [1.82, 2.24) is 5.32 Å². The van der Waals surface area contributed by atoms with E-state index in [2.05, 4.69) is 62.5 Å². The number of amides is 1. The molecule has 8 atom stereocenters. The molecule has 0 bridgehead atoms. The number of allylic oxidation sites excluding steroid dienone is 7. The van der Waals surface area contributed by atoms with Crippen LogP contribution in [0.2, 0.25) is 0 Å². The number of rotatable bonds is 63. The summed E-state index contributed by atoms with van der Waals surface area (Å²) in [5.74, 6) is -1.18. The second-order valence-electron chi connectivity index (χ2n) is 25.3. The first-order valence-electron chi connectivity index (χ1n) is 36.4. The van der Waals surface area contributed by atoms with Gasteiger partial charge in [0, 0.05) is 6.42 Å². The minimum Gasteiger partial charge on any atom is -0.454 e. The molecule has 498 valence electrons. The van der Waals surface area contributed by atoms with Crippen molar-refractivity contribution in [2.75, 3.05) is 13.2 Å². The molecule has 85 heavy (non-hydrogen) atoms. The van der Waals surface area contributed by atoms with Crippen LogP contribution in [0.25, 0.3) is 0 Å². The Balaban J connectivity index is 2.52. The second-order valence-corrected chi connectivity index (χ2v) is 25.3. The highest BCUT2D eigenvalue weighted by molar-refractivity contribution is 5.80. The topological polar surface area (TPSA) is 175 Å². The zero-order valence-corrected chi connectivity index (χ0v) is 55.5. The standard InChI is InChI=1S/C74H137NO10/c1-4-7-10-13-16-19-22-24-26-28-30-31-32-33-34-35-36-38-39-41-43-46-49-52-55-58-61-67(78)73(82)75-65(66(77)60-57-54-51-48-45-21-18-15-12-9-6-3)64-83-74-72(71(81)70(80)68(63-76)84-74)85-69(79)62-59-56-53-50-47-44-42-40-37-29-27-25-23-20-17-14-11-8-5-2/h16,19,24-27,57,60,65-68,70-72,74,76-78,80-81H,4-15,17-18,20-23,28-56,58-59,61-64H2,1-3H3,(H,75,82)/b19-16-,26-24-,27-25+,60-57+. The fraction of sp³-hybridized carbons (Fsp3) is 0.865. The van der Waals surface area contributed by atoms with Gasteiger partial charge in [-0.05, 0) is 83.5 Å². The van der Waals surface area contributed by atoms with Crippen molar-refractivity contribution in [3.05, 3.63) is 48.6 Å². The fourth-order valence-electron chi connectivity index (χ4n) is 11.4. The van der Waals surface area contributed by atoms with Crippen LogP contribution in [0.1, 0.15) is 348 Å². The molecule has 0 aliphatic carbocycles. The van der Waals surface area contributed by atoms with Gasteiger partial charge in [-0.15, -0.1) is 0 Å². The van der Waals surface area contributed by atoms with Crippen LogP contribution in [0, 0.1) is 0 Å². The molecule has 0 aromatic rings. The predicted octanol–water partition coefficient (Wildman–Crippen LogP) is 18.7. The first-order valence-corrected chi connectivity index (χ1v) is 36.4. The van der Waals surface area contributed by atoms with Gasteiger partial charge in [0.25, 0.3) is 0 Å². The lowest BCUT2D eigenvalue weighted by molar-refractivity contribution is -0.305. The third kappa shape index (κ3) is 49.1. The van der Waals surface area contributed by atoms with Gasteiger partial charge in [0.15, 0.2) is 12.4 Å². The van der Waals surface area contributed by atoms with Crippen molar-refractivity contribution >= 4 is 11.9 Å². The van der Waals surface area contributed by atoms with E-state index in [1.807, 2.05) is 6.08 Å². The van der Waals surface area contributed by atoms with E-state index in [1.165, 1.54) is 238 Å². The van der Waals surface area contributed by atoms with Crippen molar-refractivity contribution in [1.29, 1.82) is 0 Å². The van der Waals surface area contributed by atoms with Crippen LogP contribution in [0.5, 0.6) is 0 Å². The van der Waals surface area contributed by atoms with E-state index in [-0.39, 0.29) is 13.0 Å². The van der Waals surface area contributed by atoms with Gasteiger partial charge < -0.3 is 45.1 Å². The number of carbonyl (C=O) groups is 2. The van der Waals surface area contributed by atoms with Crippen molar-refractivity contribution < 1.29 is 49.3 Å². The van der Waals surface area contributed by atoms with Crippen molar-refractivity contribution in [3.8, 4) is 0 Å². The zero-order chi connectivity index (χ0) is 61.7. The van der Waals surface area contributed by atoms with Crippen LogP contribution in [-0.2, 0) is 23.8 Å². The number of unbranched alkanes of at least 4 members (excludes halogenated alkanes) is 43. The van der Waals surface area contributed by atoms with E-state index >= 15 is 0 Å². The molecule has 1 amide bonds. The molecule has 1 fully saturated rings. The summed E-state index contributed by atoms with van der Waals surface area (Å²) in [6.45, 7) is 5.80. The number of hydrogen-bond donors (Lipinski definition) is 6. The van der Waals surface area contributed by atoms with E-state index in [4.69, 9.17) is 14.2 Å². The van der Waals surface area contributed by atoms with Gasteiger partial charge in [-0.25, -0.2) is 0 Å². The molecule has 11 heteroatoms. The Morgan fingerprint density at radius 2 is 0.812 bits per heavy atom. The van der Waals surface area contributed by atoms with Gasteiger partial charge in [-0.3, -0.25) is 9.59 Å². The molecule has 0 spiro atoms. The third-order valence-electron chi connectivity index (χ3n) is 17.2. The summed E-state index contributed by atoms with van der Waals surface area (Å²) in [4.78, 5) is 26.7. The Morgan fingerprint density at radius 1 is 0.459 bits per heavy atom. The molecule has 0 saturated carbocycles. The van der Waals surface area contributed by atoms with Gasteiger partial charge in [0.1, 0.15) is 24.4 Å². The summed E-state index contributed by atoms with van der Waals surface area (Å²) < 4.78 is 17.7. The molecule has 1 rings (SSSR count). The van der Waals surface area contributed by atoms with Gasteiger partial charge in [-0.2, -0.15) is 0 Å². The third-order valence-corrected chi connectivity index (χ3v) is 17.2. The Hall–Kier alpha value is -2.38. The predicted molar refractivity (Wildman–Crippen MR) is 357 cm³/mol. The van der Waals surface area contributed by atoms with Crippen molar-refractivity contribution in [2.45, 2.75) is 397 Å². The Morgan fingerprint density at radius 3 is 1.24 bits per heavy atom. The monoisotopic (exact) mass is 1200 g/mol. The minimum atomic E-state index is -1.61. The summed E-state index contributed by atoms with van der Waals surface area (Å²) in [5.41, 5.74) is 0. The molecule has 0 radical (unpaired) electrons. The van der Waals surface area contributed by atoms with Gasteiger partial charge in [-0.1, -0.05) is 307 Å². The second kappa shape index (κ2) is 61.8. The van der Waals surface area contributed by atoms with Crippen LogP contribution < -0.4 is 5.32 Å². The molecule has 0 aromatic carbocycles. The number of carbonyl (C=O) groups excluding carboxylic acids is 2. The van der Waals surface area contributed by atoms with E-state index in [9.17, 15) is 35.1 Å². The first kappa shape index (κ1) is 80.6.